The molecule has 0 unspecified atom stereocenters. The van der Waals surface area contributed by atoms with Gasteiger partial charge < -0.3 is 18.9 Å². The topological polar surface area (TPSA) is 69.5 Å². The van der Waals surface area contributed by atoms with Gasteiger partial charge in [0.05, 0.1) is 12.3 Å². The lowest BCUT2D eigenvalue weighted by Gasteiger charge is -2.21. The number of benzene rings is 2. The summed E-state index contributed by atoms with van der Waals surface area (Å²) >= 11 is 1.46. The molecule has 0 spiro atoms. The molecule has 0 radical (unpaired) electrons. The molecule has 1 amide bonds. The Morgan fingerprint density at radius 1 is 1.06 bits per heavy atom. The number of hydrogen-bond acceptors (Lipinski definition) is 6. The number of hydrogen-bond donors (Lipinski definition) is 0. The van der Waals surface area contributed by atoms with Crippen LogP contribution in [-0.4, -0.2) is 51.6 Å². The highest BCUT2D eigenvalue weighted by molar-refractivity contribution is 7.99. The van der Waals surface area contributed by atoms with Crippen molar-refractivity contribution in [3.63, 3.8) is 0 Å². The predicted molar refractivity (Wildman–Crippen MR) is 122 cm³/mol. The van der Waals surface area contributed by atoms with E-state index in [2.05, 4.69) is 26.9 Å². The Balaban J connectivity index is 1.23. The van der Waals surface area contributed by atoms with E-state index in [9.17, 15) is 4.79 Å². The van der Waals surface area contributed by atoms with Crippen molar-refractivity contribution in [3.05, 3.63) is 65.5 Å². The monoisotopic (exact) mass is 450 g/mol. The van der Waals surface area contributed by atoms with Gasteiger partial charge in [0.2, 0.25) is 5.91 Å². The zero-order chi connectivity index (χ0) is 21.9. The van der Waals surface area contributed by atoms with Crippen LogP contribution in [0.5, 0.6) is 11.5 Å². The zero-order valence-corrected chi connectivity index (χ0v) is 18.9. The third-order valence-electron chi connectivity index (χ3n) is 5.65. The van der Waals surface area contributed by atoms with Crippen LogP contribution in [0, 0.1) is 0 Å². The number of carbonyl (C=O) groups excluding carboxylic acids is 1. The van der Waals surface area contributed by atoms with E-state index >= 15 is 0 Å². The van der Waals surface area contributed by atoms with Gasteiger partial charge in [0, 0.05) is 19.5 Å². The lowest BCUT2D eigenvalue weighted by atomic mass is 10.2. The van der Waals surface area contributed by atoms with Crippen molar-refractivity contribution in [1.82, 2.24) is 19.7 Å². The van der Waals surface area contributed by atoms with Gasteiger partial charge in [-0.15, -0.1) is 10.2 Å². The number of thioether (sulfide) groups is 1. The van der Waals surface area contributed by atoms with E-state index in [1.54, 1.807) is 4.90 Å². The summed E-state index contributed by atoms with van der Waals surface area (Å²) < 4.78 is 13.4. The average molecular weight is 451 g/mol. The Morgan fingerprint density at radius 2 is 1.84 bits per heavy atom. The molecule has 166 valence electrons. The molecule has 1 saturated carbocycles. The zero-order valence-electron chi connectivity index (χ0n) is 18.1. The Hall–Kier alpha value is -3.00. The minimum Gasteiger partial charge on any atom is -0.486 e. The lowest BCUT2D eigenvalue weighted by Crippen LogP contribution is -2.28. The van der Waals surface area contributed by atoms with E-state index < -0.39 is 0 Å². The first-order chi connectivity index (χ1) is 15.7. The number of carbonyl (C=O) groups is 1. The van der Waals surface area contributed by atoms with E-state index in [0.717, 1.165) is 47.4 Å². The molecule has 1 aromatic heterocycles. The van der Waals surface area contributed by atoms with Gasteiger partial charge in [-0.1, -0.05) is 48.2 Å². The molecule has 3 aromatic rings. The van der Waals surface area contributed by atoms with Crippen LogP contribution >= 0.6 is 11.8 Å². The van der Waals surface area contributed by atoms with Gasteiger partial charge in [0.25, 0.3) is 0 Å². The third kappa shape index (κ3) is 4.75. The second-order valence-corrected chi connectivity index (χ2v) is 9.15. The minimum absolute atomic E-state index is 0.0483. The van der Waals surface area contributed by atoms with Crippen LogP contribution in [0.4, 0.5) is 0 Å². The molecule has 0 N–H and O–H groups in total. The molecule has 32 heavy (non-hydrogen) atoms. The fraction of sp³-hybridized carbons (Fsp3) is 0.375. The van der Waals surface area contributed by atoms with Crippen LogP contribution < -0.4 is 9.47 Å². The number of aromatic nitrogens is 3. The molecule has 0 saturated heterocycles. The fourth-order valence-corrected chi connectivity index (χ4v) is 4.64. The largest absolute Gasteiger partial charge is 0.486 e. The summed E-state index contributed by atoms with van der Waals surface area (Å²) in [6.07, 6.45) is 2.32. The van der Waals surface area contributed by atoms with Crippen molar-refractivity contribution in [2.24, 2.45) is 0 Å². The summed E-state index contributed by atoms with van der Waals surface area (Å²) in [5.41, 5.74) is 2.22. The number of nitrogens with zero attached hydrogens (tertiary/aromatic N) is 4. The van der Waals surface area contributed by atoms with Crippen LogP contribution in [0.2, 0.25) is 0 Å². The maximum atomic E-state index is 12.8. The molecule has 2 aromatic carbocycles. The first kappa shape index (κ1) is 20.9. The molecule has 8 heteroatoms. The average Bonchev–Trinajstić information content (AvgIpc) is 3.59. The first-order valence-corrected chi connectivity index (χ1v) is 11.9. The molecular weight excluding hydrogens is 424 g/mol. The summed E-state index contributed by atoms with van der Waals surface area (Å²) in [5, 5.41) is 9.66. The number of amides is 1. The standard InChI is InChI=1S/C24H26N4O3S/c1-27(14-18-7-10-20-21(13-18)31-12-11-30-20)22(29)16-32-24-26-25-23(19-8-9-19)28(24)15-17-5-3-2-4-6-17/h2-7,10,13,19H,8-9,11-12,14-16H2,1H3. The minimum atomic E-state index is 0.0483. The smallest absolute Gasteiger partial charge is 0.233 e. The van der Waals surface area contributed by atoms with Gasteiger partial charge >= 0.3 is 0 Å². The number of ether oxygens (including phenoxy) is 2. The van der Waals surface area contributed by atoms with Gasteiger partial charge in [0.1, 0.15) is 19.0 Å². The van der Waals surface area contributed by atoms with Crippen molar-refractivity contribution < 1.29 is 14.3 Å². The van der Waals surface area contributed by atoms with Crippen LogP contribution in [-0.2, 0) is 17.9 Å². The third-order valence-corrected chi connectivity index (χ3v) is 6.60. The summed E-state index contributed by atoms with van der Waals surface area (Å²) in [6, 6.07) is 16.1. The predicted octanol–water partition coefficient (Wildman–Crippen LogP) is 3.73. The second kappa shape index (κ2) is 9.24. The van der Waals surface area contributed by atoms with E-state index in [1.807, 2.05) is 43.4 Å². The number of rotatable bonds is 8. The summed E-state index contributed by atoms with van der Waals surface area (Å²) in [7, 11) is 1.82. The quantitative estimate of drug-likeness (QED) is 0.487. The van der Waals surface area contributed by atoms with Gasteiger partial charge in [-0.05, 0) is 36.1 Å². The highest BCUT2D eigenvalue weighted by Crippen LogP contribution is 2.40. The Labute approximate surface area is 191 Å². The maximum Gasteiger partial charge on any atom is 0.233 e. The highest BCUT2D eigenvalue weighted by atomic mass is 32.2. The number of fused-ring (bicyclic) bond motifs is 1. The molecule has 2 aliphatic rings. The molecule has 0 atom stereocenters. The van der Waals surface area contributed by atoms with E-state index in [-0.39, 0.29) is 5.91 Å². The molecule has 5 rings (SSSR count). The summed E-state index contributed by atoms with van der Waals surface area (Å²) in [5.74, 6) is 3.40. The second-order valence-electron chi connectivity index (χ2n) is 8.20. The molecule has 2 heterocycles. The van der Waals surface area contributed by atoms with E-state index in [0.29, 0.717) is 31.4 Å². The molecule has 1 fully saturated rings. The van der Waals surface area contributed by atoms with Crippen molar-refractivity contribution in [1.29, 1.82) is 0 Å². The molecule has 1 aliphatic carbocycles. The van der Waals surface area contributed by atoms with Gasteiger partial charge in [-0.2, -0.15) is 0 Å². The van der Waals surface area contributed by atoms with Crippen LogP contribution in [0.15, 0.2) is 53.7 Å². The highest BCUT2D eigenvalue weighted by Gasteiger charge is 2.30. The normalized spacial score (nSPS) is 14.9. The summed E-state index contributed by atoms with van der Waals surface area (Å²) in [4.78, 5) is 14.6. The van der Waals surface area contributed by atoms with Crippen LogP contribution in [0.1, 0.15) is 35.7 Å². The summed E-state index contributed by atoms with van der Waals surface area (Å²) in [6.45, 7) is 2.36. The van der Waals surface area contributed by atoms with Crippen molar-refractivity contribution in [3.8, 4) is 11.5 Å². The molecule has 1 aliphatic heterocycles. The van der Waals surface area contributed by atoms with Crippen molar-refractivity contribution >= 4 is 17.7 Å². The first-order valence-electron chi connectivity index (χ1n) is 10.9. The van der Waals surface area contributed by atoms with Gasteiger partial charge in [-0.25, -0.2) is 0 Å². The maximum absolute atomic E-state index is 12.8. The Morgan fingerprint density at radius 3 is 2.62 bits per heavy atom. The lowest BCUT2D eigenvalue weighted by molar-refractivity contribution is -0.127. The van der Waals surface area contributed by atoms with Gasteiger partial charge in [-0.3, -0.25) is 4.79 Å². The Kier molecular flexibility index (Phi) is 6.03. The SMILES string of the molecule is CN(Cc1ccc2c(c1)OCCO2)C(=O)CSc1nnc(C2CC2)n1Cc1ccccc1. The Bertz CT molecular complexity index is 1100. The van der Waals surface area contributed by atoms with Crippen molar-refractivity contribution in [2.45, 2.75) is 37.0 Å². The molecule has 0 bridgehead atoms. The van der Waals surface area contributed by atoms with E-state index in [4.69, 9.17) is 9.47 Å². The van der Waals surface area contributed by atoms with Crippen LogP contribution in [0.25, 0.3) is 0 Å². The van der Waals surface area contributed by atoms with Gasteiger partial charge in [0.15, 0.2) is 16.7 Å². The fourth-order valence-electron chi connectivity index (χ4n) is 3.75. The molecule has 7 nitrogen and oxygen atoms in total. The molecular formula is C24H26N4O3S. The van der Waals surface area contributed by atoms with E-state index in [1.165, 1.54) is 17.3 Å². The van der Waals surface area contributed by atoms with Crippen molar-refractivity contribution in [2.75, 3.05) is 26.0 Å². The van der Waals surface area contributed by atoms with Crippen LogP contribution in [0.3, 0.4) is 0 Å².